The SMILES string of the molecule is Cc1ccc(S(=O)(=O)OCCC(C)(CCOS(=O)(=O)c2ccc(C)cc2)OS(=O)(=O)c2ccc(C)cc2)cc1. The van der Waals surface area contributed by atoms with Crippen molar-refractivity contribution >= 4 is 30.4 Å². The first kappa shape index (κ1) is 30.9. The smallest absolute Gasteiger partial charge is 0.266 e. The second kappa shape index (κ2) is 12.3. The molecule has 39 heavy (non-hydrogen) atoms. The van der Waals surface area contributed by atoms with Gasteiger partial charge < -0.3 is 0 Å². The van der Waals surface area contributed by atoms with Crippen LogP contribution in [0.25, 0.3) is 0 Å². The molecule has 0 aromatic heterocycles. The van der Waals surface area contributed by atoms with Crippen LogP contribution in [0.15, 0.2) is 87.5 Å². The molecule has 0 aliphatic carbocycles. The molecule has 0 aliphatic heterocycles. The van der Waals surface area contributed by atoms with E-state index < -0.39 is 49.2 Å². The van der Waals surface area contributed by atoms with Gasteiger partial charge in [-0.05, 0) is 64.1 Å². The van der Waals surface area contributed by atoms with Crippen molar-refractivity contribution in [3.8, 4) is 0 Å². The molecule has 212 valence electrons. The Morgan fingerprint density at radius 3 is 1.10 bits per heavy atom. The summed E-state index contributed by atoms with van der Waals surface area (Å²) in [6.07, 6.45) is -0.395. The quantitative estimate of drug-likeness (QED) is 0.258. The standard InChI is InChI=1S/C27H32O9S3/c1-21-5-11-24(12-6-21)37(28,29)34-19-17-27(4,36-39(32,33)26-15-9-23(3)10-16-26)18-20-35-38(30,31)25-13-7-22(2)8-14-25/h5-16H,17-20H2,1-4H3. The maximum atomic E-state index is 13.0. The highest BCUT2D eigenvalue weighted by molar-refractivity contribution is 7.87. The summed E-state index contributed by atoms with van der Waals surface area (Å²) in [5, 5.41) is 0. The molecule has 0 bridgehead atoms. The highest BCUT2D eigenvalue weighted by Gasteiger charge is 2.34. The molecule has 0 heterocycles. The summed E-state index contributed by atoms with van der Waals surface area (Å²) in [5.41, 5.74) is 1.03. The fraction of sp³-hybridized carbons (Fsp3) is 0.333. The Kier molecular flexibility index (Phi) is 9.73. The molecule has 0 radical (unpaired) electrons. The van der Waals surface area contributed by atoms with Crippen LogP contribution in [0.3, 0.4) is 0 Å². The Morgan fingerprint density at radius 1 is 0.513 bits per heavy atom. The van der Waals surface area contributed by atoms with Gasteiger partial charge in [-0.25, -0.2) is 0 Å². The van der Waals surface area contributed by atoms with E-state index >= 15 is 0 Å². The fourth-order valence-electron chi connectivity index (χ4n) is 3.51. The van der Waals surface area contributed by atoms with Crippen LogP contribution >= 0.6 is 0 Å². The number of aryl methyl sites for hydroxylation is 3. The lowest BCUT2D eigenvalue weighted by Gasteiger charge is -2.29. The van der Waals surface area contributed by atoms with E-state index in [4.69, 9.17) is 12.5 Å². The zero-order valence-electron chi connectivity index (χ0n) is 22.2. The van der Waals surface area contributed by atoms with Gasteiger partial charge in [0.15, 0.2) is 0 Å². The van der Waals surface area contributed by atoms with Crippen molar-refractivity contribution in [1.29, 1.82) is 0 Å². The second-order valence-corrected chi connectivity index (χ2v) is 14.3. The highest BCUT2D eigenvalue weighted by Crippen LogP contribution is 2.28. The summed E-state index contributed by atoms with van der Waals surface area (Å²) in [6, 6.07) is 18.2. The van der Waals surface area contributed by atoms with Crippen LogP contribution in [0.5, 0.6) is 0 Å². The van der Waals surface area contributed by atoms with E-state index in [1.807, 2.05) is 13.8 Å². The van der Waals surface area contributed by atoms with Gasteiger partial charge in [0.25, 0.3) is 30.4 Å². The minimum absolute atomic E-state index is 0.0458. The van der Waals surface area contributed by atoms with Gasteiger partial charge in [0.1, 0.15) is 0 Å². The second-order valence-electron chi connectivity index (χ2n) is 9.48. The van der Waals surface area contributed by atoms with E-state index in [2.05, 4.69) is 0 Å². The topological polar surface area (TPSA) is 130 Å². The normalized spacial score (nSPS) is 12.9. The van der Waals surface area contributed by atoms with Crippen LogP contribution in [0, 0.1) is 20.8 Å². The summed E-state index contributed by atoms with van der Waals surface area (Å²) >= 11 is 0. The number of hydrogen-bond acceptors (Lipinski definition) is 9. The minimum Gasteiger partial charge on any atom is -0.266 e. The molecule has 0 unspecified atom stereocenters. The molecular weight excluding hydrogens is 564 g/mol. The van der Waals surface area contributed by atoms with Crippen molar-refractivity contribution < 1.29 is 37.8 Å². The largest absolute Gasteiger partial charge is 0.297 e. The highest BCUT2D eigenvalue weighted by atomic mass is 32.2. The Balaban J connectivity index is 1.77. The molecule has 0 amide bonds. The Hall–Kier alpha value is -2.61. The molecule has 3 aromatic rings. The first-order valence-electron chi connectivity index (χ1n) is 12.1. The maximum absolute atomic E-state index is 13.0. The summed E-state index contributed by atoms with van der Waals surface area (Å²) in [7, 11) is -12.5. The first-order chi connectivity index (χ1) is 18.1. The molecule has 0 N–H and O–H groups in total. The van der Waals surface area contributed by atoms with Crippen molar-refractivity contribution in [2.45, 2.75) is 60.8 Å². The number of rotatable bonds is 13. The molecule has 0 atom stereocenters. The molecule has 0 fully saturated rings. The summed E-state index contributed by atoms with van der Waals surface area (Å²) in [6.45, 7) is 6.04. The zero-order valence-corrected chi connectivity index (χ0v) is 24.6. The maximum Gasteiger partial charge on any atom is 0.297 e. The minimum atomic E-state index is -4.29. The molecule has 0 saturated carbocycles. The van der Waals surface area contributed by atoms with E-state index in [0.717, 1.165) is 16.7 Å². The summed E-state index contributed by atoms with van der Waals surface area (Å²) < 4.78 is 92.4. The van der Waals surface area contributed by atoms with E-state index in [9.17, 15) is 25.3 Å². The molecule has 12 heteroatoms. The summed E-state index contributed by atoms with van der Waals surface area (Å²) in [4.78, 5) is -0.188. The predicted molar refractivity (Wildman–Crippen MR) is 146 cm³/mol. The van der Waals surface area contributed by atoms with Crippen LogP contribution < -0.4 is 0 Å². The molecule has 0 aliphatic rings. The molecule has 3 aromatic carbocycles. The third-order valence-corrected chi connectivity index (χ3v) is 10.1. The zero-order chi connectivity index (χ0) is 28.9. The van der Waals surface area contributed by atoms with E-state index in [1.54, 1.807) is 43.3 Å². The molecule has 0 spiro atoms. The average molecular weight is 597 g/mol. The van der Waals surface area contributed by atoms with Crippen molar-refractivity contribution in [2.24, 2.45) is 0 Å². The molecule has 3 rings (SSSR count). The van der Waals surface area contributed by atoms with E-state index in [-0.39, 0.29) is 27.5 Å². The van der Waals surface area contributed by atoms with Gasteiger partial charge in [0.2, 0.25) is 0 Å². The third kappa shape index (κ3) is 8.69. The van der Waals surface area contributed by atoms with Gasteiger partial charge in [-0.3, -0.25) is 12.5 Å². The van der Waals surface area contributed by atoms with Gasteiger partial charge in [0, 0.05) is 12.8 Å². The Morgan fingerprint density at radius 2 is 0.795 bits per heavy atom. The first-order valence-corrected chi connectivity index (χ1v) is 16.3. The average Bonchev–Trinajstić information content (AvgIpc) is 2.84. The van der Waals surface area contributed by atoms with E-state index in [1.165, 1.54) is 43.3 Å². The molecule has 9 nitrogen and oxygen atoms in total. The van der Waals surface area contributed by atoms with Gasteiger partial charge >= 0.3 is 0 Å². The van der Waals surface area contributed by atoms with E-state index in [0.29, 0.717) is 0 Å². The van der Waals surface area contributed by atoms with Gasteiger partial charge in [-0.15, -0.1) is 0 Å². The van der Waals surface area contributed by atoms with Crippen LogP contribution in [-0.2, 0) is 42.9 Å². The van der Waals surface area contributed by atoms with Crippen LogP contribution in [0.2, 0.25) is 0 Å². The number of hydrogen-bond donors (Lipinski definition) is 0. The lowest BCUT2D eigenvalue weighted by atomic mass is 9.99. The van der Waals surface area contributed by atoms with Crippen molar-refractivity contribution in [3.05, 3.63) is 89.5 Å². The fourth-order valence-corrected chi connectivity index (χ4v) is 6.59. The monoisotopic (exact) mass is 596 g/mol. The molecule has 0 saturated heterocycles. The van der Waals surface area contributed by atoms with Crippen LogP contribution in [0.4, 0.5) is 0 Å². The Labute approximate surface area is 231 Å². The van der Waals surface area contributed by atoms with Gasteiger partial charge in [0.05, 0.1) is 33.5 Å². The van der Waals surface area contributed by atoms with Crippen molar-refractivity contribution in [2.75, 3.05) is 13.2 Å². The lowest BCUT2D eigenvalue weighted by molar-refractivity contribution is 0.0494. The van der Waals surface area contributed by atoms with Gasteiger partial charge in [-0.2, -0.15) is 25.3 Å². The Bertz CT molecular complexity index is 1490. The summed E-state index contributed by atoms with van der Waals surface area (Å²) in [5.74, 6) is 0. The predicted octanol–water partition coefficient (Wildman–Crippen LogP) is 4.67. The van der Waals surface area contributed by atoms with Crippen LogP contribution in [0.1, 0.15) is 36.5 Å². The number of benzene rings is 3. The molecular formula is C27H32O9S3. The van der Waals surface area contributed by atoms with Gasteiger partial charge in [-0.1, -0.05) is 53.1 Å². The van der Waals surface area contributed by atoms with Crippen molar-refractivity contribution in [1.82, 2.24) is 0 Å². The lowest BCUT2D eigenvalue weighted by Crippen LogP contribution is -2.35. The third-order valence-electron chi connectivity index (χ3n) is 5.98. The van der Waals surface area contributed by atoms with Crippen LogP contribution in [-0.4, -0.2) is 44.1 Å². The van der Waals surface area contributed by atoms with Crippen molar-refractivity contribution in [3.63, 3.8) is 0 Å².